The normalized spacial score (nSPS) is 17.5. The molecule has 1 saturated heterocycles. The van der Waals surface area contributed by atoms with Gasteiger partial charge in [0.15, 0.2) is 5.76 Å². The van der Waals surface area contributed by atoms with Crippen LogP contribution in [-0.2, 0) is 0 Å². The van der Waals surface area contributed by atoms with Crippen LogP contribution in [-0.4, -0.2) is 23.4 Å². The van der Waals surface area contributed by atoms with Crippen molar-refractivity contribution in [3.8, 4) is 0 Å². The van der Waals surface area contributed by atoms with Crippen LogP contribution in [0.1, 0.15) is 36.7 Å². The molecule has 1 atom stereocenters. The molecule has 7 nitrogen and oxygen atoms in total. The van der Waals surface area contributed by atoms with E-state index in [1.807, 2.05) is 24.3 Å². The molecule has 1 aliphatic heterocycles. The van der Waals surface area contributed by atoms with Crippen molar-refractivity contribution in [2.75, 3.05) is 16.8 Å². The first-order chi connectivity index (χ1) is 11.6. The lowest BCUT2D eigenvalue weighted by Gasteiger charge is -2.36. The summed E-state index contributed by atoms with van der Waals surface area (Å²) < 4.78 is 4.96. The van der Waals surface area contributed by atoms with Crippen LogP contribution >= 0.6 is 0 Å². The maximum atomic E-state index is 12.3. The van der Waals surface area contributed by atoms with E-state index in [1.165, 1.54) is 18.6 Å². The van der Waals surface area contributed by atoms with E-state index in [-0.39, 0.29) is 5.76 Å². The van der Waals surface area contributed by atoms with Crippen molar-refractivity contribution in [1.29, 1.82) is 0 Å². The van der Waals surface area contributed by atoms with E-state index in [1.54, 1.807) is 0 Å². The minimum absolute atomic E-state index is 0.0804. The fourth-order valence-electron chi connectivity index (χ4n) is 3.02. The lowest BCUT2D eigenvalue weighted by atomic mass is 10.0. The summed E-state index contributed by atoms with van der Waals surface area (Å²) in [4.78, 5) is 24.6. The highest BCUT2D eigenvalue weighted by atomic mass is 16.6. The summed E-state index contributed by atoms with van der Waals surface area (Å²) in [5, 5.41) is 13.5. The number of nitrogens with zero attached hydrogens (tertiary/aromatic N) is 2. The largest absolute Gasteiger partial charge is 0.433 e. The Labute approximate surface area is 139 Å². The quantitative estimate of drug-likeness (QED) is 0.680. The molecule has 1 fully saturated rings. The van der Waals surface area contributed by atoms with Crippen LogP contribution in [0.3, 0.4) is 0 Å². The summed E-state index contributed by atoms with van der Waals surface area (Å²) in [6, 6.07) is 10.5. The van der Waals surface area contributed by atoms with Gasteiger partial charge < -0.3 is 14.6 Å². The Morgan fingerprint density at radius 2 is 2.08 bits per heavy atom. The number of amides is 1. The van der Waals surface area contributed by atoms with Crippen LogP contribution in [0.15, 0.2) is 40.8 Å². The van der Waals surface area contributed by atoms with Crippen molar-refractivity contribution in [3.63, 3.8) is 0 Å². The summed E-state index contributed by atoms with van der Waals surface area (Å²) in [5.74, 6) is -1.03. The minimum Gasteiger partial charge on any atom is -0.395 e. The van der Waals surface area contributed by atoms with E-state index in [4.69, 9.17) is 4.42 Å². The maximum Gasteiger partial charge on any atom is 0.433 e. The van der Waals surface area contributed by atoms with E-state index in [0.717, 1.165) is 25.1 Å². The van der Waals surface area contributed by atoms with Crippen LogP contribution in [0.25, 0.3) is 0 Å². The van der Waals surface area contributed by atoms with Gasteiger partial charge in [0.2, 0.25) is 0 Å². The van der Waals surface area contributed by atoms with E-state index < -0.39 is 16.7 Å². The number of para-hydroxylation sites is 2. The molecule has 1 aliphatic rings. The Hall–Kier alpha value is -2.83. The van der Waals surface area contributed by atoms with E-state index in [9.17, 15) is 14.9 Å². The molecule has 24 heavy (non-hydrogen) atoms. The zero-order valence-electron chi connectivity index (χ0n) is 13.4. The highest BCUT2D eigenvalue weighted by molar-refractivity contribution is 6.04. The molecule has 2 heterocycles. The Kier molecular flexibility index (Phi) is 4.50. The molecule has 1 aromatic carbocycles. The van der Waals surface area contributed by atoms with Crippen molar-refractivity contribution >= 4 is 23.2 Å². The first-order valence-corrected chi connectivity index (χ1v) is 7.97. The predicted molar refractivity (Wildman–Crippen MR) is 90.4 cm³/mol. The van der Waals surface area contributed by atoms with Crippen LogP contribution < -0.4 is 10.2 Å². The first-order valence-electron chi connectivity index (χ1n) is 7.97. The molecule has 1 amide bonds. The van der Waals surface area contributed by atoms with Gasteiger partial charge in [-0.1, -0.05) is 12.1 Å². The molecule has 3 rings (SSSR count). The Morgan fingerprint density at radius 3 is 2.79 bits per heavy atom. The van der Waals surface area contributed by atoms with E-state index in [0.29, 0.717) is 11.7 Å². The van der Waals surface area contributed by atoms with Crippen LogP contribution in [0.5, 0.6) is 0 Å². The highest BCUT2D eigenvalue weighted by Crippen LogP contribution is 2.31. The number of benzene rings is 1. The topological polar surface area (TPSA) is 88.6 Å². The van der Waals surface area contributed by atoms with Gasteiger partial charge in [-0.15, -0.1) is 0 Å². The highest BCUT2D eigenvalue weighted by Gasteiger charge is 2.23. The molecular weight excluding hydrogens is 310 g/mol. The smallest absolute Gasteiger partial charge is 0.395 e. The van der Waals surface area contributed by atoms with Crippen molar-refractivity contribution in [2.45, 2.75) is 32.2 Å². The average Bonchev–Trinajstić information content (AvgIpc) is 3.06. The first kappa shape index (κ1) is 16.0. The van der Waals surface area contributed by atoms with Gasteiger partial charge in [0.05, 0.1) is 17.4 Å². The number of carbonyl (C=O) groups excluding carboxylic acids is 1. The van der Waals surface area contributed by atoms with Crippen molar-refractivity contribution in [1.82, 2.24) is 0 Å². The van der Waals surface area contributed by atoms with Gasteiger partial charge in [-0.25, -0.2) is 0 Å². The number of carbonyl (C=O) groups is 1. The van der Waals surface area contributed by atoms with Crippen LogP contribution in [0, 0.1) is 10.1 Å². The van der Waals surface area contributed by atoms with E-state index in [2.05, 4.69) is 17.1 Å². The fourth-order valence-corrected chi connectivity index (χ4v) is 3.02. The third-order valence-corrected chi connectivity index (χ3v) is 4.26. The monoisotopic (exact) mass is 329 g/mol. The predicted octanol–water partition coefficient (Wildman–Crippen LogP) is 3.82. The van der Waals surface area contributed by atoms with Gasteiger partial charge in [-0.3, -0.25) is 14.9 Å². The summed E-state index contributed by atoms with van der Waals surface area (Å²) in [6.07, 6.45) is 3.45. The summed E-state index contributed by atoms with van der Waals surface area (Å²) in [6.45, 7) is 3.12. The van der Waals surface area contributed by atoms with Crippen LogP contribution in [0.4, 0.5) is 17.3 Å². The third kappa shape index (κ3) is 3.24. The lowest BCUT2D eigenvalue weighted by Crippen LogP contribution is -2.38. The van der Waals surface area contributed by atoms with Crippen molar-refractivity contribution < 1.29 is 14.1 Å². The molecule has 7 heteroatoms. The number of anilines is 2. The molecule has 2 aromatic rings. The van der Waals surface area contributed by atoms with Gasteiger partial charge in [0.1, 0.15) is 4.92 Å². The molecule has 126 valence electrons. The second-order valence-electron chi connectivity index (χ2n) is 5.90. The van der Waals surface area contributed by atoms with Gasteiger partial charge >= 0.3 is 5.88 Å². The fraction of sp³-hybridized carbons (Fsp3) is 0.353. The number of hydrogen-bond donors (Lipinski definition) is 1. The minimum atomic E-state index is -0.667. The molecule has 0 spiro atoms. The summed E-state index contributed by atoms with van der Waals surface area (Å²) in [7, 11) is 0. The Bertz CT molecular complexity index is 756. The average molecular weight is 329 g/mol. The van der Waals surface area contributed by atoms with Crippen LogP contribution in [0.2, 0.25) is 0 Å². The second-order valence-corrected chi connectivity index (χ2v) is 5.90. The zero-order chi connectivity index (χ0) is 17.1. The van der Waals surface area contributed by atoms with E-state index >= 15 is 0 Å². The number of piperidine rings is 1. The van der Waals surface area contributed by atoms with Gasteiger partial charge in [-0.2, -0.15) is 0 Å². The molecule has 0 bridgehead atoms. The van der Waals surface area contributed by atoms with Crippen molar-refractivity contribution in [3.05, 3.63) is 52.3 Å². The summed E-state index contributed by atoms with van der Waals surface area (Å²) in [5.41, 5.74) is 1.63. The second kappa shape index (κ2) is 6.74. The van der Waals surface area contributed by atoms with Gasteiger partial charge in [-0.05, 0) is 44.4 Å². The number of hydrogen-bond acceptors (Lipinski definition) is 5. The van der Waals surface area contributed by atoms with Gasteiger partial charge in [0.25, 0.3) is 5.91 Å². The number of nitrogens with one attached hydrogen (secondary N) is 1. The molecule has 0 radical (unpaired) electrons. The molecular formula is C17H19N3O4. The van der Waals surface area contributed by atoms with Gasteiger partial charge in [0, 0.05) is 12.6 Å². The zero-order valence-corrected chi connectivity index (χ0v) is 13.4. The maximum absolute atomic E-state index is 12.3. The molecule has 1 aromatic heterocycles. The van der Waals surface area contributed by atoms with Crippen molar-refractivity contribution in [2.24, 2.45) is 0 Å². The molecule has 0 saturated carbocycles. The Balaban J connectivity index is 1.82. The number of furan rings is 1. The summed E-state index contributed by atoms with van der Waals surface area (Å²) >= 11 is 0. The molecule has 1 unspecified atom stereocenters. The number of rotatable bonds is 4. The SMILES string of the molecule is CC1CCCCN1c1ccccc1NC(=O)c1ccc([N+](=O)[O-])o1. The molecule has 1 N–H and O–H groups in total. The Morgan fingerprint density at radius 1 is 1.29 bits per heavy atom. The lowest BCUT2D eigenvalue weighted by molar-refractivity contribution is -0.402. The molecule has 0 aliphatic carbocycles. The standard InChI is InChI=1S/C17H19N3O4/c1-12-6-4-5-11-19(12)14-8-3-2-7-13(14)18-17(21)15-9-10-16(24-15)20(22)23/h2-3,7-10,12H,4-6,11H2,1H3,(H,18,21). The third-order valence-electron chi connectivity index (χ3n) is 4.26. The number of nitro groups is 1.